The lowest BCUT2D eigenvalue weighted by atomic mass is 10.0. The van der Waals surface area contributed by atoms with E-state index in [0.717, 1.165) is 19.3 Å². The van der Waals surface area contributed by atoms with Gasteiger partial charge in [-0.3, -0.25) is 9.59 Å². The maximum atomic E-state index is 12.1. The molecule has 2 rings (SSSR count). The van der Waals surface area contributed by atoms with E-state index in [1.165, 1.54) is 24.3 Å². The fraction of sp³-hybridized carbons (Fsp3) is 0.471. The zero-order valence-corrected chi connectivity index (χ0v) is 15.3. The molecular weight excluding hydrogens is 358 g/mol. The highest BCUT2D eigenvalue weighted by molar-refractivity contribution is 7.89. The van der Waals surface area contributed by atoms with Gasteiger partial charge in [0.25, 0.3) is 5.91 Å². The lowest BCUT2D eigenvalue weighted by Crippen LogP contribution is -2.44. The molecule has 8 nitrogen and oxygen atoms in total. The van der Waals surface area contributed by atoms with E-state index in [1.54, 1.807) is 4.90 Å². The number of sulfonamides is 1. The van der Waals surface area contributed by atoms with Gasteiger partial charge >= 0.3 is 5.97 Å². The van der Waals surface area contributed by atoms with Crippen LogP contribution in [-0.2, 0) is 24.3 Å². The van der Waals surface area contributed by atoms with Gasteiger partial charge in [-0.05, 0) is 50.5 Å². The largest absolute Gasteiger partial charge is 0.455 e. The van der Waals surface area contributed by atoms with E-state index >= 15 is 0 Å². The average molecular weight is 379 g/mol. The molecule has 1 aromatic rings. The zero-order chi connectivity index (χ0) is 19.2. The molecule has 26 heavy (non-hydrogen) atoms. The summed E-state index contributed by atoms with van der Waals surface area (Å²) >= 11 is 0. The van der Waals surface area contributed by atoms with Crippen LogP contribution in [0, 0.1) is 11.3 Å². The van der Waals surface area contributed by atoms with Crippen LogP contribution < -0.4 is 4.72 Å². The number of amides is 1. The van der Waals surface area contributed by atoms with E-state index in [2.05, 4.69) is 4.72 Å². The minimum atomic E-state index is -3.90. The standard InChI is InChI=1S/C17H21N3O5S/c1-13-4-2-3-9-20(13)16(21)12-25-17(22)11-19-26(23,24)15-7-5-14(10-18)6-8-15/h5-8,13,19H,2-4,9,11-12H2,1H3/t13-/m0/s1. The second-order valence-electron chi connectivity index (χ2n) is 6.05. The normalized spacial score (nSPS) is 17.4. The summed E-state index contributed by atoms with van der Waals surface area (Å²) in [7, 11) is -3.90. The number of likely N-dealkylation sites (tertiary alicyclic amines) is 1. The quantitative estimate of drug-likeness (QED) is 0.730. The molecule has 1 saturated heterocycles. The van der Waals surface area contributed by atoms with Gasteiger partial charge in [-0.2, -0.15) is 9.98 Å². The minimum Gasteiger partial charge on any atom is -0.455 e. The SMILES string of the molecule is C[C@H]1CCCCN1C(=O)COC(=O)CNS(=O)(=O)c1ccc(C#N)cc1. The van der Waals surface area contributed by atoms with Crippen LogP contribution >= 0.6 is 0 Å². The van der Waals surface area contributed by atoms with Crippen molar-refractivity contribution in [2.24, 2.45) is 0 Å². The van der Waals surface area contributed by atoms with Crippen LogP contribution in [-0.4, -0.2) is 50.9 Å². The van der Waals surface area contributed by atoms with Crippen molar-refractivity contribution in [2.45, 2.75) is 37.1 Å². The minimum absolute atomic E-state index is 0.0671. The number of nitrogens with zero attached hydrogens (tertiary/aromatic N) is 2. The summed E-state index contributed by atoms with van der Waals surface area (Å²) in [6.45, 7) is 1.61. The molecule has 1 heterocycles. The van der Waals surface area contributed by atoms with Crippen LogP contribution in [0.5, 0.6) is 0 Å². The molecular formula is C17H21N3O5S. The Hall–Kier alpha value is -2.44. The summed E-state index contributed by atoms with van der Waals surface area (Å²) in [4.78, 5) is 25.4. The number of carbonyl (C=O) groups excluding carboxylic acids is 2. The van der Waals surface area contributed by atoms with E-state index < -0.39 is 29.1 Å². The number of hydrogen-bond donors (Lipinski definition) is 1. The predicted molar refractivity (Wildman–Crippen MR) is 92.3 cm³/mol. The number of piperidine rings is 1. The predicted octanol–water partition coefficient (Wildman–Crippen LogP) is 0.781. The Morgan fingerprint density at radius 3 is 2.62 bits per heavy atom. The first-order valence-electron chi connectivity index (χ1n) is 8.28. The molecule has 1 amide bonds. The molecule has 0 aromatic heterocycles. The number of ether oxygens (including phenoxy) is 1. The molecule has 1 fully saturated rings. The molecule has 1 aliphatic rings. The van der Waals surface area contributed by atoms with Gasteiger partial charge in [-0.15, -0.1) is 0 Å². The van der Waals surface area contributed by atoms with Crippen molar-refractivity contribution >= 4 is 21.9 Å². The summed E-state index contributed by atoms with van der Waals surface area (Å²) in [6, 6.07) is 7.28. The second kappa shape index (κ2) is 8.78. The van der Waals surface area contributed by atoms with E-state index in [1.807, 2.05) is 13.0 Å². The highest BCUT2D eigenvalue weighted by atomic mass is 32.2. The summed E-state index contributed by atoms with van der Waals surface area (Å²) in [5.41, 5.74) is 0.328. The van der Waals surface area contributed by atoms with Gasteiger partial charge in [0.1, 0.15) is 6.54 Å². The van der Waals surface area contributed by atoms with Gasteiger partial charge in [0.2, 0.25) is 10.0 Å². The summed E-state index contributed by atoms with van der Waals surface area (Å²) in [6.07, 6.45) is 2.92. The molecule has 1 N–H and O–H groups in total. The Bertz CT molecular complexity index is 799. The first-order chi connectivity index (χ1) is 12.3. The number of benzene rings is 1. The van der Waals surface area contributed by atoms with Gasteiger partial charge in [0.05, 0.1) is 16.5 Å². The molecule has 1 aliphatic heterocycles. The lowest BCUT2D eigenvalue weighted by molar-refractivity contribution is -0.152. The maximum absolute atomic E-state index is 12.1. The first kappa shape index (κ1) is 19.9. The summed E-state index contributed by atoms with van der Waals surface area (Å²) in [5.74, 6) is -1.11. The number of carbonyl (C=O) groups is 2. The third kappa shape index (κ3) is 5.28. The molecule has 0 bridgehead atoms. The molecule has 9 heteroatoms. The molecule has 0 spiro atoms. The Labute approximate surface area is 152 Å². The number of nitrogens with one attached hydrogen (secondary N) is 1. The van der Waals surface area contributed by atoms with Gasteiger partial charge in [-0.1, -0.05) is 0 Å². The fourth-order valence-electron chi connectivity index (χ4n) is 2.69. The zero-order valence-electron chi connectivity index (χ0n) is 14.5. The van der Waals surface area contributed by atoms with E-state index in [-0.39, 0.29) is 16.8 Å². The molecule has 140 valence electrons. The molecule has 0 radical (unpaired) electrons. The second-order valence-corrected chi connectivity index (χ2v) is 7.82. The summed E-state index contributed by atoms with van der Waals surface area (Å²) < 4.78 is 31.2. The topological polar surface area (TPSA) is 117 Å². The van der Waals surface area contributed by atoms with Crippen LogP contribution in [0.4, 0.5) is 0 Å². The van der Waals surface area contributed by atoms with Crippen LogP contribution in [0.1, 0.15) is 31.7 Å². The Morgan fingerprint density at radius 2 is 2.00 bits per heavy atom. The molecule has 1 aromatic carbocycles. The highest BCUT2D eigenvalue weighted by Gasteiger charge is 2.24. The van der Waals surface area contributed by atoms with Crippen LogP contribution in [0.2, 0.25) is 0 Å². The van der Waals surface area contributed by atoms with E-state index in [0.29, 0.717) is 12.1 Å². The number of rotatable bonds is 6. The molecule has 0 unspecified atom stereocenters. The Morgan fingerprint density at radius 1 is 1.31 bits per heavy atom. The third-order valence-corrected chi connectivity index (χ3v) is 5.60. The number of hydrogen-bond acceptors (Lipinski definition) is 6. The van der Waals surface area contributed by atoms with Gasteiger partial charge in [0, 0.05) is 12.6 Å². The third-order valence-electron chi connectivity index (χ3n) is 4.18. The smallest absolute Gasteiger partial charge is 0.321 e. The van der Waals surface area contributed by atoms with Crippen LogP contribution in [0.15, 0.2) is 29.2 Å². The fourth-order valence-corrected chi connectivity index (χ4v) is 3.66. The van der Waals surface area contributed by atoms with Crippen molar-refractivity contribution in [2.75, 3.05) is 19.7 Å². The Balaban J connectivity index is 1.82. The van der Waals surface area contributed by atoms with Crippen LogP contribution in [0.3, 0.4) is 0 Å². The van der Waals surface area contributed by atoms with Crippen molar-refractivity contribution < 1.29 is 22.7 Å². The first-order valence-corrected chi connectivity index (χ1v) is 9.77. The molecule has 0 aliphatic carbocycles. The lowest BCUT2D eigenvalue weighted by Gasteiger charge is -2.33. The molecule has 0 saturated carbocycles. The Kier molecular flexibility index (Phi) is 6.71. The van der Waals surface area contributed by atoms with Gasteiger partial charge < -0.3 is 9.64 Å². The molecule has 1 atom stereocenters. The number of nitriles is 1. The van der Waals surface area contributed by atoms with Crippen LogP contribution in [0.25, 0.3) is 0 Å². The van der Waals surface area contributed by atoms with Gasteiger partial charge in [-0.25, -0.2) is 8.42 Å². The average Bonchev–Trinajstić information content (AvgIpc) is 2.65. The van der Waals surface area contributed by atoms with Crippen molar-refractivity contribution in [3.63, 3.8) is 0 Å². The van der Waals surface area contributed by atoms with E-state index in [4.69, 9.17) is 10.00 Å². The van der Waals surface area contributed by atoms with Crippen molar-refractivity contribution in [3.8, 4) is 6.07 Å². The van der Waals surface area contributed by atoms with Crippen molar-refractivity contribution in [3.05, 3.63) is 29.8 Å². The monoisotopic (exact) mass is 379 g/mol. The van der Waals surface area contributed by atoms with Crippen molar-refractivity contribution in [1.29, 1.82) is 5.26 Å². The number of esters is 1. The maximum Gasteiger partial charge on any atom is 0.321 e. The highest BCUT2D eigenvalue weighted by Crippen LogP contribution is 2.16. The van der Waals surface area contributed by atoms with Crippen molar-refractivity contribution in [1.82, 2.24) is 9.62 Å². The summed E-state index contributed by atoms with van der Waals surface area (Å²) in [5, 5.41) is 8.71. The van der Waals surface area contributed by atoms with E-state index in [9.17, 15) is 18.0 Å². The van der Waals surface area contributed by atoms with Gasteiger partial charge in [0.15, 0.2) is 6.61 Å².